The maximum absolute atomic E-state index is 11.6. The second kappa shape index (κ2) is 5.32. The minimum absolute atomic E-state index is 0.142. The van der Waals surface area contributed by atoms with Gasteiger partial charge >= 0.3 is 6.03 Å². The Bertz CT molecular complexity index is 211. The zero-order chi connectivity index (χ0) is 11.3. The molecule has 1 saturated heterocycles. The molecule has 1 rings (SSSR count). The summed E-state index contributed by atoms with van der Waals surface area (Å²) in [5, 5.41) is 5.76. The summed E-state index contributed by atoms with van der Waals surface area (Å²) in [6, 6.07) is -0.0100. The fourth-order valence-corrected chi connectivity index (χ4v) is 1.43. The van der Waals surface area contributed by atoms with Gasteiger partial charge in [-0.1, -0.05) is 6.92 Å². The largest absolute Gasteiger partial charge is 0.379 e. The van der Waals surface area contributed by atoms with Crippen molar-refractivity contribution in [2.75, 3.05) is 19.8 Å². The van der Waals surface area contributed by atoms with Gasteiger partial charge in [0.05, 0.1) is 18.2 Å². The standard InChI is InChI=1S/C10H21N3O2/c1-3-10(2,7-11)13-9(14)12-8-4-5-15-6-8/h8H,3-7,11H2,1-2H3,(H2,12,13,14). The Morgan fingerprint density at radius 1 is 1.67 bits per heavy atom. The minimum Gasteiger partial charge on any atom is -0.379 e. The van der Waals surface area contributed by atoms with E-state index in [1.54, 1.807) is 0 Å². The molecule has 2 amide bonds. The van der Waals surface area contributed by atoms with Crippen LogP contribution in [0.3, 0.4) is 0 Å². The quantitative estimate of drug-likeness (QED) is 0.627. The number of hydrogen-bond donors (Lipinski definition) is 3. The van der Waals surface area contributed by atoms with Gasteiger partial charge in [0, 0.05) is 13.2 Å². The molecular weight excluding hydrogens is 194 g/mol. The summed E-state index contributed by atoms with van der Waals surface area (Å²) in [4.78, 5) is 11.6. The number of rotatable bonds is 4. The molecule has 0 bridgehead atoms. The number of nitrogens with two attached hydrogens (primary N) is 1. The van der Waals surface area contributed by atoms with Crippen LogP contribution in [0, 0.1) is 0 Å². The van der Waals surface area contributed by atoms with Crippen LogP contribution in [0.25, 0.3) is 0 Å². The van der Waals surface area contributed by atoms with Gasteiger partial charge < -0.3 is 21.1 Å². The van der Waals surface area contributed by atoms with Gasteiger partial charge in [0.1, 0.15) is 0 Å². The van der Waals surface area contributed by atoms with Crippen LogP contribution in [-0.4, -0.2) is 37.4 Å². The molecule has 4 N–H and O–H groups in total. The third-order valence-electron chi connectivity index (χ3n) is 2.91. The summed E-state index contributed by atoms with van der Waals surface area (Å²) in [5.41, 5.74) is 5.29. The summed E-state index contributed by atoms with van der Waals surface area (Å²) >= 11 is 0. The van der Waals surface area contributed by atoms with Crippen molar-refractivity contribution in [2.24, 2.45) is 5.73 Å². The topological polar surface area (TPSA) is 76.4 Å². The van der Waals surface area contributed by atoms with Crippen LogP contribution in [0.2, 0.25) is 0 Å². The molecule has 88 valence electrons. The van der Waals surface area contributed by atoms with Crippen molar-refractivity contribution in [3.8, 4) is 0 Å². The van der Waals surface area contributed by atoms with Gasteiger partial charge in [0.15, 0.2) is 0 Å². The average molecular weight is 215 g/mol. The molecule has 2 unspecified atom stereocenters. The minimum atomic E-state index is -0.316. The van der Waals surface area contributed by atoms with Crippen LogP contribution in [0.5, 0.6) is 0 Å². The Morgan fingerprint density at radius 2 is 2.40 bits per heavy atom. The first kappa shape index (κ1) is 12.3. The summed E-state index contributed by atoms with van der Waals surface area (Å²) in [6.07, 6.45) is 1.71. The maximum atomic E-state index is 11.6. The molecule has 1 aliphatic rings. The van der Waals surface area contributed by atoms with E-state index in [1.165, 1.54) is 0 Å². The molecule has 2 atom stereocenters. The Labute approximate surface area is 90.7 Å². The molecule has 1 heterocycles. The van der Waals surface area contributed by atoms with Crippen molar-refractivity contribution in [2.45, 2.75) is 38.3 Å². The van der Waals surface area contributed by atoms with Crippen molar-refractivity contribution in [1.82, 2.24) is 10.6 Å². The van der Waals surface area contributed by atoms with Gasteiger partial charge in [0.25, 0.3) is 0 Å². The number of nitrogens with one attached hydrogen (secondary N) is 2. The number of carbonyl (C=O) groups excluding carboxylic acids is 1. The SMILES string of the molecule is CCC(C)(CN)NC(=O)NC1CCOC1. The zero-order valence-electron chi connectivity index (χ0n) is 9.51. The lowest BCUT2D eigenvalue weighted by atomic mass is 10.00. The van der Waals surface area contributed by atoms with E-state index < -0.39 is 0 Å². The van der Waals surface area contributed by atoms with Gasteiger partial charge in [-0.15, -0.1) is 0 Å². The van der Waals surface area contributed by atoms with Gasteiger partial charge in [-0.3, -0.25) is 0 Å². The fourth-order valence-electron chi connectivity index (χ4n) is 1.43. The highest BCUT2D eigenvalue weighted by Crippen LogP contribution is 2.07. The lowest BCUT2D eigenvalue weighted by molar-refractivity contribution is 0.187. The average Bonchev–Trinajstić information content (AvgIpc) is 2.70. The maximum Gasteiger partial charge on any atom is 0.315 e. The lowest BCUT2D eigenvalue weighted by Crippen LogP contribution is -2.55. The molecule has 0 spiro atoms. The van der Waals surface area contributed by atoms with E-state index in [2.05, 4.69) is 10.6 Å². The van der Waals surface area contributed by atoms with Crippen molar-refractivity contribution >= 4 is 6.03 Å². The first-order valence-electron chi connectivity index (χ1n) is 5.46. The third kappa shape index (κ3) is 3.68. The van der Waals surface area contributed by atoms with E-state index in [1.807, 2.05) is 13.8 Å². The Morgan fingerprint density at radius 3 is 2.87 bits per heavy atom. The molecule has 1 aliphatic heterocycles. The smallest absolute Gasteiger partial charge is 0.315 e. The van der Waals surface area contributed by atoms with Crippen molar-refractivity contribution < 1.29 is 9.53 Å². The molecular formula is C10H21N3O2. The molecule has 0 aromatic carbocycles. The molecule has 0 aromatic heterocycles. The summed E-state index contributed by atoms with van der Waals surface area (Å²) in [7, 11) is 0. The second-order valence-corrected chi connectivity index (χ2v) is 4.28. The predicted molar refractivity (Wildman–Crippen MR) is 58.6 cm³/mol. The highest BCUT2D eigenvalue weighted by molar-refractivity contribution is 5.75. The molecule has 0 aliphatic carbocycles. The predicted octanol–water partition coefficient (Wildman–Crippen LogP) is 0.202. The number of hydrogen-bond acceptors (Lipinski definition) is 3. The Kier molecular flexibility index (Phi) is 4.35. The Balaban J connectivity index is 2.33. The fraction of sp³-hybridized carbons (Fsp3) is 0.900. The highest BCUT2D eigenvalue weighted by Gasteiger charge is 2.24. The molecule has 5 nitrogen and oxygen atoms in total. The number of urea groups is 1. The van der Waals surface area contributed by atoms with Crippen LogP contribution in [0.1, 0.15) is 26.7 Å². The first-order chi connectivity index (χ1) is 7.09. The zero-order valence-corrected chi connectivity index (χ0v) is 9.51. The van der Waals surface area contributed by atoms with Gasteiger partial charge in [-0.05, 0) is 19.8 Å². The van der Waals surface area contributed by atoms with Crippen LogP contribution < -0.4 is 16.4 Å². The van der Waals surface area contributed by atoms with Crippen LogP contribution in [0.4, 0.5) is 4.79 Å². The van der Waals surface area contributed by atoms with Crippen LogP contribution in [0.15, 0.2) is 0 Å². The Hall–Kier alpha value is -0.810. The van der Waals surface area contributed by atoms with Gasteiger partial charge in [0.2, 0.25) is 0 Å². The third-order valence-corrected chi connectivity index (χ3v) is 2.91. The monoisotopic (exact) mass is 215 g/mol. The lowest BCUT2D eigenvalue weighted by Gasteiger charge is -2.28. The molecule has 15 heavy (non-hydrogen) atoms. The van der Waals surface area contributed by atoms with E-state index >= 15 is 0 Å². The molecule has 5 heteroatoms. The molecule has 0 radical (unpaired) electrons. The molecule has 0 saturated carbocycles. The van der Waals surface area contributed by atoms with Crippen molar-refractivity contribution in [3.05, 3.63) is 0 Å². The van der Waals surface area contributed by atoms with Crippen LogP contribution >= 0.6 is 0 Å². The molecule has 1 fully saturated rings. The van der Waals surface area contributed by atoms with Crippen LogP contribution in [-0.2, 0) is 4.74 Å². The van der Waals surface area contributed by atoms with E-state index in [4.69, 9.17) is 10.5 Å². The normalized spacial score (nSPS) is 24.6. The van der Waals surface area contributed by atoms with Crippen molar-refractivity contribution in [1.29, 1.82) is 0 Å². The number of amides is 2. The summed E-state index contributed by atoms with van der Waals surface area (Å²) in [6.45, 7) is 5.73. The van der Waals surface area contributed by atoms with Crippen molar-refractivity contribution in [3.63, 3.8) is 0 Å². The van der Waals surface area contributed by atoms with E-state index in [0.29, 0.717) is 13.2 Å². The number of ether oxygens (including phenoxy) is 1. The number of carbonyl (C=O) groups is 1. The summed E-state index contributed by atoms with van der Waals surface area (Å²) < 4.78 is 5.17. The van der Waals surface area contributed by atoms with E-state index in [0.717, 1.165) is 19.4 Å². The summed E-state index contributed by atoms with van der Waals surface area (Å²) in [5.74, 6) is 0. The molecule has 0 aromatic rings. The second-order valence-electron chi connectivity index (χ2n) is 4.28. The van der Waals surface area contributed by atoms with E-state index in [-0.39, 0.29) is 17.6 Å². The van der Waals surface area contributed by atoms with E-state index in [9.17, 15) is 4.79 Å². The first-order valence-corrected chi connectivity index (χ1v) is 5.46. The van der Waals surface area contributed by atoms with Gasteiger partial charge in [-0.2, -0.15) is 0 Å². The van der Waals surface area contributed by atoms with Gasteiger partial charge in [-0.25, -0.2) is 4.79 Å². The highest BCUT2D eigenvalue weighted by atomic mass is 16.5.